The van der Waals surface area contributed by atoms with Crippen LogP contribution in [0, 0.1) is 23.7 Å². The Hall–Kier alpha value is -8.40. The summed E-state index contributed by atoms with van der Waals surface area (Å²) in [7, 11) is 0. The summed E-state index contributed by atoms with van der Waals surface area (Å²) in [6, 6.07) is 78.4. The average Bonchev–Trinajstić information content (AvgIpc) is 4.31. The minimum absolute atomic E-state index is 0.0750. The highest BCUT2D eigenvalue weighted by Gasteiger charge is 2.56. The van der Waals surface area contributed by atoms with E-state index in [2.05, 4.69) is 237 Å². The fourth-order valence-corrected chi connectivity index (χ4v) is 16.6. The van der Waals surface area contributed by atoms with E-state index in [4.69, 9.17) is 4.42 Å². The maximum Gasteiger partial charge on any atom is 0.135 e. The van der Waals surface area contributed by atoms with Crippen molar-refractivity contribution in [2.24, 2.45) is 23.7 Å². The molecule has 2 fully saturated rings. The van der Waals surface area contributed by atoms with Crippen LogP contribution in [-0.2, 0) is 10.8 Å². The summed E-state index contributed by atoms with van der Waals surface area (Å²) in [6.07, 6.45) is 5.42. The minimum Gasteiger partial charge on any atom is -0.456 e. The Balaban J connectivity index is 0.766. The molecule has 370 valence electrons. The van der Waals surface area contributed by atoms with Gasteiger partial charge in [0, 0.05) is 54.5 Å². The Kier molecular flexibility index (Phi) is 8.88. The molecule has 17 rings (SSSR count). The van der Waals surface area contributed by atoms with Gasteiger partial charge in [0.25, 0.3) is 0 Å². The summed E-state index contributed by atoms with van der Waals surface area (Å²) in [6.45, 7) is 9.99. The normalized spacial score (nSPS) is 20.9. The molecule has 4 aliphatic rings. The Morgan fingerprint density at radius 1 is 0.377 bits per heavy atom. The van der Waals surface area contributed by atoms with Gasteiger partial charge in [-0.2, -0.15) is 0 Å². The number of hydrogen-bond donors (Lipinski definition) is 0. The number of aromatic nitrogens is 2. The quantitative estimate of drug-likeness (QED) is 0.172. The van der Waals surface area contributed by atoms with Crippen LogP contribution < -0.4 is 0 Å². The Morgan fingerprint density at radius 2 is 0.883 bits per heavy atom. The third-order valence-corrected chi connectivity index (χ3v) is 19.8. The van der Waals surface area contributed by atoms with Crippen LogP contribution in [-0.4, -0.2) is 9.13 Å². The maximum absolute atomic E-state index is 6.28. The molecule has 3 aromatic heterocycles. The molecule has 13 aromatic rings. The monoisotopic (exact) mass is 990 g/mol. The van der Waals surface area contributed by atoms with Crippen molar-refractivity contribution in [1.29, 1.82) is 0 Å². The van der Waals surface area contributed by atoms with Crippen LogP contribution >= 0.6 is 0 Å². The van der Waals surface area contributed by atoms with Gasteiger partial charge >= 0.3 is 0 Å². The summed E-state index contributed by atoms with van der Waals surface area (Å²) >= 11 is 0. The first-order chi connectivity index (χ1) is 37.7. The van der Waals surface area contributed by atoms with Crippen LogP contribution in [0.25, 0.3) is 121 Å². The SMILES string of the molecule is CC1CC2CC(C)C3(c4ccccc4-c4ccc(-c5ccc6c(c5)C(C)(C)c5cc(-n7c8ccccc8c8ccc(-c9ccc%10c%11ccccc%11n(-c%11ccc%12oc%13ccccc%13c%12c%11)c%10c9)cc87)ccc5-6)cc43)C(C1)C2. The van der Waals surface area contributed by atoms with Crippen LogP contribution in [0.5, 0.6) is 0 Å². The highest BCUT2D eigenvalue weighted by molar-refractivity contribution is 6.13. The van der Waals surface area contributed by atoms with Crippen molar-refractivity contribution in [1.82, 2.24) is 9.13 Å². The van der Waals surface area contributed by atoms with Gasteiger partial charge < -0.3 is 13.6 Å². The summed E-state index contributed by atoms with van der Waals surface area (Å²) in [5, 5.41) is 7.26. The van der Waals surface area contributed by atoms with Crippen molar-refractivity contribution in [3.8, 4) is 55.9 Å². The Bertz CT molecular complexity index is 4680. The van der Waals surface area contributed by atoms with Crippen LogP contribution in [0.2, 0.25) is 0 Å². The number of rotatable bonds is 4. The highest BCUT2D eigenvalue weighted by atomic mass is 16.3. The highest BCUT2D eigenvalue weighted by Crippen LogP contribution is 2.65. The molecule has 5 atom stereocenters. The van der Waals surface area contributed by atoms with Crippen molar-refractivity contribution >= 4 is 65.6 Å². The molecule has 2 saturated carbocycles. The molecule has 2 bridgehead atoms. The lowest BCUT2D eigenvalue weighted by atomic mass is 9.49. The number of para-hydroxylation sites is 3. The van der Waals surface area contributed by atoms with Crippen LogP contribution in [0.15, 0.2) is 211 Å². The second-order valence-corrected chi connectivity index (χ2v) is 24.2. The topological polar surface area (TPSA) is 23.0 Å². The molecule has 0 aliphatic heterocycles. The van der Waals surface area contributed by atoms with E-state index in [0.717, 1.165) is 39.5 Å². The van der Waals surface area contributed by atoms with Crippen molar-refractivity contribution in [3.05, 3.63) is 229 Å². The van der Waals surface area contributed by atoms with E-state index in [1.54, 1.807) is 11.1 Å². The zero-order valence-corrected chi connectivity index (χ0v) is 44.1. The fraction of sp³-hybridized carbons (Fsp3) is 0.189. The smallest absolute Gasteiger partial charge is 0.135 e. The van der Waals surface area contributed by atoms with E-state index < -0.39 is 0 Å². The number of nitrogens with zero attached hydrogens (tertiary/aromatic N) is 2. The van der Waals surface area contributed by atoms with E-state index in [1.165, 1.54) is 131 Å². The van der Waals surface area contributed by atoms with E-state index >= 15 is 0 Å². The molecule has 0 amide bonds. The zero-order chi connectivity index (χ0) is 51.1. The maximum atomic E-state index is 6.28. The number of hydrogen-bond acceptors (Lipinski definition) is 1. The molecule has 3 heterocycles. The number of benzene rings is 10. The van der Waals surface area contributed by atoms with Gasteiger partial charge in [0.2, 0.25) is 0 Å². The average molecular weight is 991 g/mol. The lowest BCUT2D eigenvalue weighted by molar-refractivity contribution is 0.0426. The van der Waals surface area contributed by atoms with Gasteiger partial charge in [-0.15, -0.1) is 0 Å². The van der Waals surface area contributed by atoms with Crippen molar-refractivity contribution in [3.63, 3.8) is 0 Å². The van der Waals surface area contributed by atoms with Gasteiger partial charge in [-0.25, -0.2) is 0 Å². The minimum atomic E-state index is -0.205. The molecule has 3 heteroatoms. The predicted octanol–water partition coefficient (Wildman–Crippen LogP) is 19.8. The van der Waals surface area contributed by atoms with Gasteiger partial charge in [0.05, 0.1) is 22.1 Å². The van der Waals surface area contributed by atoms with E-state index in [-0.39, 0.29) is 10.8 Å². The van der Waals surface area contributed by atoms with Gasteiger partial charge in [0.15, 0.2) is 0 Å². The predicted molar refractivity (Wildman–Crippen MR) is 321 cm³/mol. The molecular formula is C74H58N2O. The van der Waals surface area contributed by atoms with Gasteiger partial charge in [-0.3, -0.25) is 0 Å². The van der Waals surface area contributed by atoms with Crippen LogP contribution in [0.4, 0.5) is 0 Å². The van der Waals surface area contributed by atoms with Gasteiger partial charge in [-0.1, -0.05) is 161 Å². The molecule has 5 unspecified atom stereocenters. The fourth-order valence-electron chi connectivity index (χ4n) is 16.6. The molecule has 0 saturated heterocycles. The second kappa shape index (κ2) is 15.6. The van der Waals surface area contributed by atoms with Crippen LogP contribution in [0.1, 0.15) is 75.6 Å². The third kappa shape index (κ3) is 5.92. The largest absolute Gasteiger partial charge is 0.456 e. The molecule has 1 spiro atoms. The molecule has 0 N–H and O–H groups in total. The summed E-state index contributed by atoms with van der Waals surface area (Å²) in [5.74, 6) is 2.94. The first-order valence-corrected chi connectivity index (χ1v) is 28.2. The lowest BCUT2D eigenvalue weighted by Crippen LogP contribution is -2.49. The summed E-state index contributed by atoms with van der Waals surface area (Å²) < 4.78 is 11.2. The van der Waals surface area contributed by atoms with Crippen molar-refractivity contribution < 1.29 is 4.42 Å². The Morgan fingerprint density at radius 3 is 1.60 bits per heavy atom. The standard InChI is InChI=1S/C74H58N2O/c1-43-33-45-35-44(2)74(50(34-43)36-45)63-17-9-5-13-53(63)56-28-22-47(38-66(56)74)46-21-27-54-55-31-25-52(42-65(55)73(3,4)64(54)37-46)76-68-19-11-7-15-58(68)60-30-24-49(40-70(60)76)48-23-29-59-57-14-6-10-18-67(57)75(69(59)39-48)51-26-32-72-62(41-51)61-16-8-12-20-71(61)77-72/h5-32,37-45,50H,33-36H2,1-4H3. The first-order valence-electron chi connectivity index (χ1n) is 28.2. The molecular weight excluding hydrogens is 933 g/mol. The van der Waals surface area contributed by atoms with E-state index in [1.807, 2.05) is 6.07 Å². The summed E-state index contributed by atoms with van der Waals surface area (Å²) in [5.41, 5.74) is 25.4. The molecule has 3 nitrogen and oxygen atoms in total. The molecule has 4 aliphatic carbocycles. The van der Waals surface area contributed by atoms with Gasteiger partial charge in [0.1, 0.15) is 11.2 Å². The lowest BCUT2D eigenvalue weighted by Gasteiger charge is -2.54. The van der Waals surface area contributed by atoms with Crippen molar-refractivity contribution in [2.45, 2.75) is 64.2 Å². The number of fused-ring (bicyclic) bond motifs is 20. The summed E-state index contributed by atoms with van der Waals surface area (Å²) in [4.78, 5) is 0. The van der Waals surface area contributed by atoms with E-state index in [0.29, 0.717) is 11.8 Å². The second-order valence-electron chi connectivity index (χ2n) is 24.2. The van der Waals surface area contributed by atoms with E-state index in [9.17, 15) is 0 Å². The van der Waals surface area contributed by atoms with Gasteiger partial charge in [-0.05, 0) is 189 Å². The van der Waals surface area contributed by atoms with Crippen molar-refractivity contribution in [2.75, 3.05) is 0 Å². The molecule has 10 aromatic carbocycles. The number of furan rings is 1. The molecule has 77 heavy (non-hydrogen) atoms. The van der Waals surface area contributed by atoms with Crippen LogP contribution in [0.3, 0.4) is 0 Å². The zero-order valence-electron chi connectivity index (χ0n) is 44.1. The Labute approximate surface area is 449 Å². The first kappa shape index (κ1) is 43.8. The third-order valence-electron chi connectivity index (χ3n) is 19.8. The molecule has 0 radical (unpaired) electrons.